The molecule has 0 bridgehead atoms. The largest absolute Gasteiger partial charge is 0.481 e. The lowest BCUT2D eigenvalue weighted by Crippen LogP contribution is -2.48. The van der Waals surface area contributed by atoms with Gasteiger partial charge in [0.05, 0.1) is 18.6 Å². The summed E-state index contributed by atoms with van der Waals surface area (Å²) in [7, 11) is 0. The quantitative estimate of drug-likeness (QED) is 0.408. The van der Waals surface area contributed by atoms with Gasteiger partial charge in [-0.1, -0.05) is 0 Å². The van der Waals surface area contributed by atoms with Crippen LogP contribution in [0, 0.1) is 0 Å². The Hall–Kier alpha value is -1.83. The molecule has 0 aromatic heterocycles. The van der Waals surface area contributed by atoms with Crippen LogP contribution in [0.15, 0.2) is 0 Å². The van der Waals surface area contributed by atoms with Crippen molar-refractivity contribution >= 4 is 17.9 Å². The van der Waals surface area contributed by atoms with Gasteiger partial charge in [0.25, 0.3) is 0 Å². The van der Waals surface area contributed by atoms with Crippen LogP contribution < -0.4 is 16.0 Å². The van der Waals surface area contributed by atoms with E-state index in [4.69, 9.17) is 5.11 Å². The molecule has 0 aliphatic carbocycles. The minimum Gasteiger partial charge on any atom is -0.481 e. The first-order chi connectivity index (χ1) is 8.62. The number of carboxylic acid groups (broad SMARTS) is 1. The van der Waals surface area contributed by atoms with E-state index in [9.17, 15) is 19.5 Å². The van der Waals surface area contributed by atoms with E-state index in [0.717, 1.165) is 0 Å². The van der Waals surface area contributed by atoms with E-state index >= 15 is 0 Å². The molecule has 0 spiro atoms. The third-order valence-corrected chi connectivity index (χ3v) is 2.02. The summed E-state index contributed by atoms with van der Waals surface area (Å²) in [5.74, 6) is -1.49. The van der Waals surface area contributed by atoms with Gasteiger partial charge in [-0.25, -0.2) is 4.79 Å². The number of rotatable bonds is 7. The number of carboxylic acids is 1. The first-order valence-electron chi connectivity index (χ1n) is 5.87. The average molecular weight is 275 g/mol. The SMILES string of the molecule is CC(C)NC(=O)CNC(=O)NCC(C)(O)CC(=O)O. The topological polar surface area (TPSA) is 128 Å². The Kier molecular flexibility index (Phi) is 6.84. The van der Waals surface area contributed by atoms with Crippen molar-refractivity contribution in [2.45, 2.75) is 38.8 Å². The Labute approximate surface area is 111 Å². The number of aliphatic hydroxyl groups is 1. The summed E-state index contributed by atoms with van der Waals surface area (Å²) in [5, 5.41) is 25.3. The highest BCUT2D eigenvalue weighted by molar-refractivity contribution is 5.84. The zero-order chi connectivity index (χ0) is 15.1. The molecule has 5 N–H and O–H groups in total. The number of nitrogens with one attached hydrogen (secondary N) is 3. The van der Waals surface area contributed by atoms with E-state index in [1.807, 2.05) is 0 Å². The molecule has 0 rings (SSSR count). The molecule has 19 heavy (non-hydrogen) atoms. The highest BCUT2D eigenvalue weighted by Crippen LogP contribution is 2.06. The van der Waals surface area contributed by atoms with Crippen LogP contribution in [0.4, 0.5) is 4.79 Å². The average Bonchev–Trinajstić information content (AvgIpc) is 2.21. The number of carbonyl (C=O) groups excluding carboxylic acids is 2. The molecule has 0 saturated carbocycles. The predicted octanol–water partition coefficient (Wildman–Crippen LogP) is -0.964. The van der Waals surface area contributed by atoms with Crippen LogP contribution in [-0.2, 0) is 9.59 Å². The Morgan fingerprint density at radius 2 is 1.79 bits per heavy atom. The van der Waals surface area contributed by atoms with Crippen molar-refractivity contribution in [2.24, 2.45) is 0 Å². The van der Waals surface area contributed by atoms with Gasteiger partial charge in [-0.05, 0) is 20.8 Å². The van der Waals surface area contributed by atoms with Crippen molar-refractivity contribution < 1.29 is 24.6 Å². The lowest BCUT2D eigenvalue weighted by molar-refractivity contribution is -0.141. The number of aliphatic carboxylic acids is 1. The van der Waals surface area contributed by atoms with Gasteiger partial charge < -0.3 is 26.2 Å². The van der Waals surface area contributed by atoms with E-state index < -0.39 is 24.0 Å². The minimum atomic E-state index is -1.54. The molecular formula is C11H21N3O5. The molecule has 0 aliphatic rings. The van der Waals surface area contributed by atoms with Crippen LogP contribution >= 0.6 is 0 Å². The molecule has 0 saturated heterocycles. The molecule has 1 unspecified atom stereocenters. The third-order valence-electron chi connectivity index (χ3n) is 2.02. The Balaban J connectivity index is 3.93. The third kappa shape index (κ3) is 9.83. The lowest BCUT2D eigenvalue weighted by atomic mass is 10.0. The number of hydrogen-bond donors (Lipinski definition) is 5. The van der Waals surface area contributed by atoms with Gasteiger partial charge in [0.1, 0.15) is 0 Å². The van der Waals surface area contributed by atoms with Crippen molar-refractivity contribution in [3.05, 3.63) is 0 Å². The van der Waals surface area contributed by atoms with Gasteiger partial charge >= 0.3 is 12.0 Å². The second kappa shape index (κ2) is 7.57. The summed E-state index contributed by atoms with van der Waals surface area (Å²) < 4.78 is 0. The molecule has 0 heterocycles. The van der Waals surface area contributed by atoms with Gasteiger partial charge in [-0.2, -0.15) is 0 Å². The standard InChI is InChI=1S/C11H21N3O5/c1-7(2)14-8(15)5-12-10(18)13-6-11(3,19)4-9(16)17/h7,19H,4-6H2,1-3H3,(H,14,15)(H,16,17)(H2,12,13,18). The summed E-state index contributed by atoms with van der Waals surface area (Å²) >= 11 is 0. The first kappa shape index (κ1) is 17.2. The Morgan fingerprint density at radius 3 is 2.26 bits per heavy atom. The zero-order valence-electron chi connectivity index (χ0n) is 11.3. The van der Waals surface area contributed by atoms with Gasteiger partial charge in [0.2, 0.25) is 5.91 Å². The monoisotopic (exact) mass is 275 g/mol. The molecule has 0 aromatic carbocycles. The normalized spacial score (nSPS) is 13.5. The summed E-state index contributed by atoms with van der Waals surface area (Å²) in [5.41, 5.74) is -1.54. The Bertz CT molecular complexity index is 341. The van der Waals surface area contributed by atoms with E-state index in [1.54, 1.807) is 13.8 Å². The van der Waals surface area contributed by atoms with Crippen LogP contribution in [0.1, 0.15) is 27.2 Å². The summed E-state index contributed by atoms with van der Waals surface area (Å²) in [6.45, 7) is 4.47. The number of hydrogen-bond acceptors (Lipinski definition) is 4. The second-order valence-electron chi connectivity index (χ2n) is 4.83. The molecule has 0 aromatic rings. The summed E-state index contributed by atoms with van der Waals surface area (Å²) in [6, 6.07) is -0.668. The number of carbonyl (C=O) groups is 3. The molecule has 110 valence electrons. The minimum absolute atomic E-state index is 0.0198. The van der Waals surface area contributed by atoms with Crippen LogP contribution in [0.5, 0.6) is 0 Å². The fraction of sp³-hybridized carbons (Fsp3) is 0.727. The van der Waals surface area contributed by atoms with Gasteiger partial charge in [0, 0.05) is 12.6 Å². The first-order valence-corrected chi connectivity index (χ1v) is 5.87. The maximum atomic E-state index is 11.3. The van der Waals surface area contributed by atoms with Crippen molar-refractivity contribution in [1.29, 1.82) is 0 Å². The van der Waals surface area contributed by atoms with Crippen LogP contribution in [-0.4, -0.2) is 52.9 Å². The van der Waals surface area contributed by atoms with Crippen LogP contribution in [0.3, 0.4) is 0 Å². The fourth-order valence-corrected chi connectivity index (χ4v) is 1.26. The second-order valence-corrected chi connectivity index (χ2v) is 4.83. The highest BCUT2D eigenvalue weighted by Gasteiger charge is 2.24. The van der Waals surface area contributed by atoms with Gasteiger partial charge in [0.15, 0.2) is 0 Å². The van der Waals surface area contributed by atoms with Crippen molar-refractivity contribution in [2.75, 3.05) is 13.1 Å². The molecular weight excluding hydrogens is 254 g/mol. The van der Waals surface area contributed by atoms with Crippen molar-refractivity contribution in [3.8, 4) is 0 Å². The van der Waals surface area contributed by atoms with E-state index in [-0.39, 0.29) is 25.0 Å². The van der Waals surface area contributed by atoms with Crippen LogP contribution in [0.2, 0.25) is 0 Å². The van der Waals surface area contributed by atoms with Crippen molar-refractivity contribution in [3.63, 3.8) is 0 Å². The van der Waals surface area contributed by atoms with E-state index in [1.165, 1.54) is 6.92 Å². The fourth-order valence-electron chi connectivity index (χ4n) is 1.26. The van der Waals surface area contributed by atoms with Gasteiger partial charge in [-0.3, -0.25) is 9.59 Å². The van der Waals surface area contributed by atoms with E-state index in [2.05, 4.69) is 16.0 Å². The Morgan fingerprint density at radius 1 is 1.21 bits per heavy atom. The maximum absolute atomic E-state index is 11.3. The summed E-state index contributed by atoms with van der Waals surface area (Å²) in [4.78, 5) is 33.0. The molecule has 8 heteroatoms. The molecule has 1 atom stereocenters. The molecule has 0 radical (unpaired) electrons. The number of amides is 3. The maximum Gasteiger partial charge on any atom is 0.315 e. The summed E-state index contributed by atoms with van der Waals surface area (Å²) in [6.07, 6.45) is -0.485. The molecule has 0 fully saturated rings. The highest BCUT2D eigenvalue weighted by atomic mass is 16.4. The lowest BCUT2D eigenvalue weighted by Gasteiger charge is -2.21. The molecule has 8 nitrogen and oxygen atoms in total. The number of urea groups is 1. The van der Waals surface area contributed by atoms with Gasteiger partial charge in [-0.15, -0.1) is 0 Å². The molecule has 3 amide bonds. The van der Waals surface area contributed by atoms with Crippen LogP contribution in [0.25, 0.3) is 0 Å². The molecule has 0 aliphatic heterocycles. The zero-order valence-corrected chi connectivity index (χ0v) is 11.3. The van der Waals surface area contributed by atoms with Crippen molar-refractivity contribution in [1.82, 2.24) is 16.0 Å². The van der Waals surface area contributed by atoms with E-state index in [0.29, 0.717) is 0 Å². The predicted molar refractivity (Wildman–Crippen MR) is 67.6 cm³/mol. The smallest absolute Gasteiger partial charge is 0.315 e.